The van der Waals surface area contributed by atoms with Crippen LogP contribution in [-0.2, 0) is 4.79 Å². The fourth-order valence-electron chi connectivity index (χ4n) is 2.29. The Hall–Kier alpha value is -2.47. The van der Waals surface area contributed by atoms with Gasteiger partial charge in [0.25, 0.3) is 0 Å². The highest BCUT2D eigenvalue weighted by Crippen LogP contribution is 2.20. The van der Waals surface area contributed by atoms with Crippen LogP contribution in [0.5, 0.6) is 5.75 Å². The number of ether oxygens (including phenoxy) is 1. The third kappa shape index (κ3) is 5.31. The van der Waals surface area contributed by atoms with Crippen molar-refractivity contribution in [3.05, 3.63) is 65.7 Å². The number of aliphatic hydroxyl groups is 1. The normalized spacial score (nSPS) is 13.4. The molecule has 0 aliphatic rings. The molecule has 0 saturated carbocycles. The van der Waals surface area contributed by atoms with Gasteiger partial charge in [0.15, 0.2) is 0 Å². The number of aliphatic hydroxyl groups excluding tert-OH is 1. The number of halogens is 2. The van der Waals surface area contributed by atoms with Crippen LogP contribution in [-0.4, -0.2) is 17.6 Å². The monoisotopic (exact) mass is 335 g/mol. The van der Waals surface area contributed by atoms with E-state index in [-0.39, 0.29) is 24.1 Å². The molecule has 0 spiro atoms. The number of nitrogens with one attached hydrogen (secondary N) is 1. The Morgan fingerprint density at radius 1 is 1.08 bits per heavy atom. The van der Waals surface area contributed by atoms with E-state index in [1.54, 1.807) is 43.3 Å². The van der Waals surface area contributed by atoms with Crippen LogP contribution in [0.2, 0.25) is 0 Å². The minimum atomic E-state index is -2.87. The van der Waals surface area contributed by atoms with Gasteiger partial charge in [-0.05, 0) is 30.2 Å². The van der Waals surface area contributed by atoms with Crippen molar-refractivity contribution in [2.75, 3.05) is 0 Å². The molecule has 2 N–H and O–H groups in total. The molecular weight excluding hydrogens is 316 g/mol. The zero-order valence-electron chi connectivity index (χ0n) is 13.2. The van der Waals surface area contributed by atoms with E-state index < -0.39 is 12.7 Å². The van der Waals surface area contributed by atoms with Crippen molar-refractivity contribution in [2.45, 2.75) is 32.1 Å². The molecule has 2 unspecified atom stereocenters. The summed E-state index contributed by atoms with van der Waals surface area (Å²) in [6.45, 7) is -1.09. The Bertz CT molecular complexity index is 647. The number of benzene rings is 2. The molecule has 0 aliphatic carbocycles. The number of rotatable bonds is 7. The zero-order chi connectivity index (χ0) is 17.5. The van der Waals surface area contributed by atoms with Gasteiger partial charge in [-0.3, -0.25) is 4.79 Å². The molecule has 4 nitrogen and oxygen atoms in total. The molecule has 6 heteroatoms. The lowest BCUT2D eigenvalue weighted by atomic mass is 10.1. The molecule has 0 aliphatic heterocycles. The largest absolute Gasteiger partial charge is 0.435 e. The fourth-order valence-corrected chi connectivity index (χ4v) is 2.29. The van der Waals surface area contributed by atoms with E-state index in [9.17, 15) is 18.7 Å². The Kier molecular flexibility index (Phi) is 6.26. The van der Waals surface area contributed by atoms with Crippen LogP contribution in [0.15, 0.2) is 54.6 Å². The third-order valence-electron chi connectivity index (χ3n) is 3.55. The van der Waals surface area contributed by atoms with Gasteiger partial charge in [0.2, 0.25) is 5.91 Å². The minimum Gasteiger partial charge on any atom is -0.435 e. The molecule has 0 saturated heterocycles. The predicted molar refractivity (Wildman–Crippen MR) is 85.7 cm³/mol. The van der Waals surface area contributed by atoms with Crippen molar-refractivity contribution in [2.24, 2.45) is 0 Å². The summed E-state index contributed by atoms with van der Waals surface area (Å²) in [6, 6.07) is 14.7. The lowest BCUT2D eigenvalue weighted by molar-refractivity contribution is -0.123. The third-order valence-corrected chi connectivity index (χ3v) is 3.55. The summed E-state index contributed by atoms with van der Waals surface area (Å²) < 4.78 is 28.5. The van der Waals surface area contributed by atoms with E-state index in [0.29, 0.717) is 5.56 Å². The summed E-state index contributed by atoms with van der Waals surface area (Å²) in [6.07, 6.45) is -0.929. The zero-order valence-corrected chi connectivity index (χ0v) is 13.2. The van der Waals surface area contributed by atoms with Crippen molar-refractivity contribution < 1.29 is 23.4 Å². The summed E-state index contributed by atoms with van der Waals surface area (Å²) in [7, 11) is 0. The Morgan fingerprint density at radius 3 is 2.29 bits per heavy atom. The minimum absolute atomic E-state index is 0.0546. The standard InChI is InChI=1S/C18H19F2NO3/c1-12(13-7-9-15(10-8-13)24-18(19)20)21-17(23)11-16(22)14-5-3-2-4-6-14/h2-10,12,16,18,22H,11H2,1H3,(H,21,23). The van der Waals surface area contributed by atoms with Crippen molar-refractivity contribution in [1.82, 2.24) is 5.32 Å². The molecule has 0 radical (unpaired) electrons. The molecule has 2 atom stereocenters. The number of hydrogen-bond donors (Lipinski definition) is 2. The van der Waals surface area contributed by atoms with Crippen LogP contribution in [0, 0.1) is 0 Å². The van der Waals surface area contributed by atoms with Crippen LogP contribution < -0.4 is 10.1 Å². The van der Waals surface area contributed by atoms with E-state index >= 15 is 0 Å². The maximum atomic E-state index is 12.1. The topological polar surface area (TPSA) is 58.6 Å². The van der Waals surface area contributed by atoms with Crippen LogP contribution >= 0.6 is 0 Å². The maximum absolute atomic E-state index is 12.1. The first kappa shape index (κ1) is 17.9. The molecule has 128 valence electrons. The summed E-state index contributed by atoms with van der Waals surface area (Å²) in [5, 5.41) is 12.8. The van der Waals surface area contributed by atoms with Gasteiger partial charge in [0, 0.05) is 0 Å². The van der Waals surface area contributed by atoms with Crippen molar-refractivity contribution in [3.8, 4) is 5.75 Å². The number of carbonyl (C=O) groups is 1. The van der Waals surface area contributed by atoms with Gasteiger partial charge < -0.3 is 15.2 Å². The second-order valence-corrected chi connectivity index (χ2v) is 5.37. The van der Waals surface area contributed by atoms with E-state index in [1.807, 2.05) is 6.07 Å². The van der Waals surface area contributed by atoms with E-state index in [1.165, 1.54) is 12.1 Å². The van der Waals surface area contributed by atoms with Gasteiger partial charge in [0.1, 0.15) is 5.75 Å². The Morgan fingerprint density at radius 2 is 1.71 bits per heavy atom. The van der Waals surface area contributed by atoms with E-state index in [0.717, 1.165) is 5.56 Å². The SMILES string of the molecule is CC(NC(=O)CC(O)c1ccccc1)c1ccc(OC(F)F)cc1. The smallest absolute Gasteiger partial charge is 0.387 e. The molecule has 0 bridgehead atoms. The molecule has 24 heavy (non-hydrogen) atoms. The van der Waals surface area contributed by atoms with Crippen LogP contribution in [0.3, 0.4) is 0 Å². The summed E-state index contributed by atoms with van der Waals surface area (Å²) in [4.78, 5) is 12.0. The summed E-state index contributed by atoms with van der Waals surface area (Å²) in [5.41, 5.74) is 1.42. The van der Waals surface area contributed by atoms with Gasteiger partial charge in [-0.15, -0.1) is 0 Å². The van der Waals surface area contributed by atoms with Gasteiger partial charge in [0.05, 0.1) is 18.6 Å². The number of hydrogen-bond acceptors (Lipinski definition) is 3. The molecule has 1 amide bonds. The highest BCUT2D eigenvalue weighted by Gasteiger charge is 2.15. The first-order valence-corrected chi connectivity index (χ1v) is 7.53. The highest BCUT2D eigenvalue weighted by molar-refractivity contribution is 5.77. The number of amides is 1. The molecule has 2 rings (SSSR count). The average Bonchev–Trinajstić information content (AvgIpc) is 2.55. The molecule has 0 heterocycles. The second-order valence-electron chi connectivity index (χ2n) is 5.37. The first-order chi connectivity index (χ1) is 11.5. The summed E-state index contributed by atoms with van der Waals surface area (Å²) >= 11 is 0. The number of alkyl halides is 2. The molecule has 0 fully saturated rings. The second kappa shape index (κ2) is 8.40. The lowest BCUT2D eigenvalue weighted by Crippen LogP contribution is -2.28. The molecular formula is C18H19F2NO3. The van der Waals surface area contributed by atoms with Crippen LogP contribution in [0.1, 0.15) is 36.6 Å². The van der Waals surface area contributed by atoms with Crippen LogP contribution in [0.25, 0.3) is 0 Å². The first-order valence-electron chi connectivity index (χ1n) is 7.53. The average molecular weight is 335 g/mol. The van der Waals surface area contributed by atoms with Gasteiger partial charge in [-0.2, -0.15) is 8.78 Å². The molecule has 0 aromatic heterocycles. The Balaban J connectivity index is 1.89. The van der Waals surface area contributed by atoms with Crippen molar-refractivity contribution in [3.63, 3.8) is 0 Å². The van der Waals surface area contributed by atoms with Crippen molar-refractivity contribution in [1.29, 1.82) is 0 Å². The van der Waals surface area contributed by atoms with E-state index in [4.69, 9.17) is 0 Å². The fraction of sp³-hybridized carbons (Fsp3) is 0.278. The predicted octanol–water partition coefficient (Wildman–Crippen LogP) is 3.59. The van der Waals surface area contributed by atoms with Crippen LogP contribution in [0.4, 0.5) is 8.78 Å². The van der Waals surface area contributed by atoms with Gasteiger partial charge in [-0.25, -0.2) is 0 Å². The maximum Gasteiger partial charge on any atom is 0.387 e. The van der Waals surface area contributed by atoms with Gasteiger partial charge >= 0.3 is 6.61 Å². The van der Waals surface area contributed by atoms with Gasteiger partial charge in [-0.1, -0.05) is 42.5 Å². The highest BCUT2D eigenvalue weighted by atomic mass is 19.3. The number of carbonyl (C=O) groups excluding carboxylic acids is 1. The van der Waals surface area contributed by atoms with E-state index in [2.05, 4.69) is 10.1 Å². The Labute approximate surface area is 139 Å². The summed E-state index contributed by atoms with van der Waals surface area (Å²) in [5.74, 6) is -0.237. The lowest BCUT2D eigenvalue weighted by Gasteiger charge is -2.17. The van der Waals surface area contributed by atoms with Crippen molar-refractivity contribution >= 4 is 5.91 Å². The molecule has 2 aromatic rings. The quantitative estimate of drug-likeness (QED) is 0.813. The molecule has 2 aromatic carbocycles.